The topological polar surface area (TPSA) is 88.4 Å². The third-order valence-electron chi connectivity index (χ3n) is 5.34. The standard InChI is InChI=1S/C21H22ClN5O3S3/c1-12-8-17(28)26(21(30)25(2)3)9-15(12)18-23-20(32-11-14-4-5-16(22)33-14)27(24-18)19(29)13-6-7-31-10-13/h4-7,10,12,15H,8-9,11H2,1-3H3. The summed E-state index contributed by atoms with van der Waals surface area (Å²) in [5.41, 5.74) is 0.536. The molecule has 8 nitrogen and oxygen atoms in total. The van der Waals surface area contributed by atoms with E-state index in [0.717, 1.165) is 4.88 Å². The zero-order valence-corrected chi connectivity index (χ0v) is 21.4. The highest BCUT2D eigenvalue weighted by atomic mass is 35.5. The van der Waals surface area contributed by atoms with Gasteiger partial charge in [-0.3, -0.25) is 14.5 Å². The van der Waals surface area contributed by atoms with Crippen LogP contribution >= 0.6 is 46.0 Å². The Hall–Kier alpha value is -2.21. The number of likely N-dealkylation sites (tertiary alicyclic amines) is 1. The number of thioether (sulfide) groups is 1. The molecule has 33 heavy (non-hydrogen) atoms. The lowest BCUT2D eigenvalue weighted by molar-refractivity contribution is -0.132. The first-order valence-corrected chi connectivity index (χ1v) is 13.3. The van der Waals surface area contributed by atoms with E-state index in [2.05, 4.69) is 5.10 Å². The molecule has 0 N–H and O–H groups in total. The molecule has 0 aromatic carbocycles. The quantitative estimate of drug-likeness (QED) is 0.451. The molecule has 3 aromatic rings. The van der Waals surface area contributed by atoms with Gasteiger partial charge in [-0.2, -0.15) is 16.0 Å². The molecule has 2 atom stereocenters. The Kier molecular flexibility index (Phi) is 7.22. The highest BCUT2D eigenvalue weighted by molar-refractivity contribution is 7.98. The number of urea groups is 1. The Morgan fingerprint density at radius 2 is 2.09 bits per heavy atom. The van der Waals surface area contributed by atoms with Gasteiger partial charge in [0.05, 0.1) is 9.90 Å². The summed E-state index contributed by atoms with van der Waals surface area (Å²) in [5.74, 6) is 0.249. The van der Waals surface area contributed by atoms with Gasteiger partial charge in [0, 0.05) is 49.0 Å². The van der Waals surface area contributed by atoms with Crippen LogP contribution in [0.25, 0.3) is 0 Å². The Bertz CT molecular complexity index is 1170. The second-order valence-electron chi connectivity index (χ2n) is 7.95. The van der Waals surface area contributed by atoms with Crippen molar-refractivity contribution in [3.8, 4) is 0 Å². The summed E-state index contributed by atoms with van der Waals surface area (Å²) in [6.07, 6.45) is 0.216. The maximum Gasteiger partial charge on any atom is 0.326 e. The first-order chi connectivity index (χ1) is 15.7. The van der Waals surface area contributed by atoms with Crippen LogP contribution in [0.4, 0.5) is 4.79 Å². The molecule has 4 rings (SSSR count). The number of carbonyl (C=O) groups is 3. The Balaban J connectivity index is 1.65. The molecule has 3 amide bonds. The van der Waals surface area contributed by atoms with Crippen LogP contribution in [-0.4, -0.2) is 63.0 Å². The molecule has 4 heterocycles. The third kappa shape index (κ3) is 5.16. The summed E-state index contributed by atoms with van der Waals surface area (Å²) in [5, 5.41) is 8.66. The molecule has 0 saturated carbocycles. The molecule has 0 radical (unpaired) electrons. The largest absolute Gasteiger partial charge is 0.330 e. The molecule has 0 bridgehead atoms. The van der Waals surface area contributed by atoms with Crippen molar-refractivity contribution in [3.63, 3.8) is 0 Å². The van der Waals surface area contributed by atoms with Gasteiger partial charge in [0.15, 0.2) is 11.0 Å². The molecule has 1 fully saturated rings. The zero-order valence-electron chi connectivity index (χ0n) is 18.2. The Morgan fingerprint density at radius 1 is 1.30 bits per heavy atom. The number of imide groups is 1. The van der Waals surface area contributed by atoms with Crippen molar-refractivity contribution in [2.24, 2.45) is 5.92 Å². The minimum atomic E-state index is -0.366. The van der Waals surface area contributed by atoms with Crippen molar-refractivity contribution in [2.45, 2.75) is 30.2 Å². The minimum absolute atomic E-state index is 0.0650. The number of aromatic nitrogens is 3. The molecule has 0 aliphatic carbocycles. The van der Waals surface area contributed by atoms with Crippen molar-refractivity contribution in [2.75, 3.05) is 20.6 Å². The summed E-state index contributed by atoms with van der Waals surface area (Å²) in [6.45, 7) is 2.13. The van der Waals surface area contributed by atoms with Crippen LogP contribution in [0.15, 0.2) is 34.1 Å². The summed E-state index contributed by atoms with van der Waals surface area (Å²) in [4.78, 5) is 46.5. The van der Waals surface area contributed by atoms with E-state index < -0.39 is 0 Å². The molecule has 12 heteroatoms. The summed E-state index contributed by atoms with van der Waals surface area (Å²) in [6, 6.07) is 5.17. The van der Waals surface area contributed by atoms with Crippen LogP contribution in [0.5, 0.6) is 0 Å². The van der Waals surface area contributed by atoms with E-state index in [4.69, 9.17) is 16.6 Å². The van der Waals surface area contributed by atoms with Gasteiger partial charge >= 0.3 is 6.03 Å². The number of halogens is 1. The zero-order chi connectivity index (χ0) is 23.7. The summed E-state index contributed by atoms with van der Waals surface area (Å²) >= 11 is 10.4. The predicted octanol–water partition coefficient (Wildman–Crippen LogP) is 4.67. The fraction of sp³-hybridized carbons (Fsp3) is 0.381. The molecular weight excluding hydrogens is 502 g/mol. The number of piperidine rings is 1. The normalized spacial score (nSPS) is 18.5. The van der Waals surface area contributed by atoms with Gasteiger partial charge in [0.2, 0.25) is 5.91 Å². The smallest absolute Gasteiger partial charge is 0.326 e. The van der Waals surface area contributed by atoms with Gasteiger partial charge in [0.1, 0.15) is 0 Å². The van der Waals surface area contributed by atoms with Gasteiger partial charge < -0.3 is 4.90 Å². The van der Waals surface area contributed by atoms with Gasteiger partial charge in [0.25, 0.3) is 5.91 Å². The third-order valence-corrected chi connectivity index (χ3v) is 8.41. The average Bonchev–Trinajstić information content (AvgIpc) is 3.52. The Morgan fingerprint density at radius 3 is 2.73 bits per heavy atom. The van der Waals surface area contributed by atoms with E-state index in [-0.39, 0.29) is 42.6 Å². The van der Waals surface area contributed by atoms with Crippen molar-refractivity contribution in [1.82, 2.24) is 24.6 Å². The first-order valence-electron chi connectivity index (χ1n) is 10.2. The number of nitrogens with zero attached hydrogens (tertiary/aromatic N) is 5. The predicted molar refractivity (Wildman–Crippen MR) is 130 cm³/mol. The Labute approximate surface area is 208 Å². The maximum absolute atomic E-state index is 13.1. The molecule has 3 aromatic heterocycles. The lowest BCUT2D eigenvalue weighted by Gasteiger charge is -2.35. The van der Waals surface area contributed by atoms with Crippen LogP contribution in [0.2, 0.25) is 4.34 Å². The fourth-order valence-electron chi connectivity index (χ4n) is 3.54. The molecule has 0 spiro atoms. The molecule has 174 valence electrons. The van der Waals surface area contributed by atoms with E-state index in [1.54, 1.807) is 25.5 Å². The number of carbonyl (C=O) groups excluding carboxylic acids is 3. The molecule has 1 saturated heterocycles. The van der Waals surface area contributed by atoms with E-state index in [1.165, 1.54) is 48.9 Å². The maximum atomic E-state index is 13.1. The number of thiophene rings is 2. The van der Waals surface area contributed by atoms with E-state index in [1.807, 2.05) is 24.4 Å². The van der Waals surface area contributed by atoms with Crippen LogP contribution in [0.1, 0.15) is 40.3 Å². The van der Waals surface area contributed by atoms with E-state index in [9.17, 15) is 14.4 Å². The van der Waals surface area contributed by atoms with Crippen molar-refractivity contribution in [1.29, 1.82) is 0 Å². The van der Waals surface area contributed by atoms with Crippen LogP contribution < -0.4 is 0 Å². The second-order valence-corrected chi connectivity index (χ2v) is 11.5. The lowest BCUT2D eigenvalue weighted by atomic mass is 9.86. The molecule has 2 unspecified atom stereocenters. The van der Waals surface area contributed by atoms with Crippen molar-refractivity contribution < 1.29 is 14.4 Å². The number of hydrogen-bond donors (Lipinski definition) is 0. The lowest BCUT2D eigenvalue weighted by Crippen LogP contribution is -2.50. The fourth-order valence-corrected chi connectivity index (χ4v) is 6.23. The van der Waals surface area contributed by atoms with E-state index >= 15 is 0 Å². The minimum Gasteiger partial charge on any atom is -0.330 e. The monoisotopic (exact) mass is 523 g/mol. The van der Waals surface area contributed by atoms with Gasteiger partial charge in [-0.25, -0.2) is 9.78 Å². The highest BCUT2D eigenvalue weighted by Crippen LogP contribution is 2.34. The van der Waals surface area contributed by atoms with E-state index in [0.29, 0.717) is 26.6 Å². The summed E-state index contributed by atoms with van der Waals surface area (Å²) < 4.78 is 2.03. The van der Waals surface area contributed by atoms with Crippen LogP contribution in [0.3, 0.4) is 0 Å². The summed E-state index contributed by atoms with van der Waals surface area (Å²) in [7, 11) is 3.22. The van der Waals surface area contributed by atoms with Crippen molar-refractivity contribution >= 4 is 63.9 Å². The molecule has 1 aliphatic heterocycles. The first kappa shape index (κ1) is 23.9. The van der Waals surface area contributed by atoms with Crippen LogP contribution in [0, 0.1) is 5.92 Å². The van der Waals surface area contributed by atoms with Crippen LogP contribution in [-0.2, 0) is 10.5 Å². The highest BCUT2D eigenvalue weighted by Gasteiger charge is 2.39. The average molecular weight is 524 g/mol. The van der Waals surface area contributed by atoms with Gasteiger partial charge in [-0.15, -0.1) is 16.4 Å². The number of hydrogen-bond acceptors (Lipinski definition) is 8. The van der Waals surface area contributed by atoms with Gasteiger partial charge in [-0.1, -0.05) is 30.3 Å². The van der Waals surface area contributed by atoms with Crippen molar-refractivity contribution in [3.05, 3.63) is 49.6 Å². The SMILES string of the molecule is CC1CC(=O)N(C(=O)N(C)C)CC1c1nc(SCc2ccc(Cl)s2)n(C(=O)c2ccsc2)n1. The molecular formula is C21H22ClN5O3S3. The number of rotatable bonds is 5. The van der Waals surface area contributed by atoms with Gasteiger partial charge in [-0.05, 0) is 29.5 Å². The second kappa shape index (κ2) is 9.96. The number of amides is 3. The molecule has 1 aliphatic rings.